The van der Waals surface area contributed by atoms with Crippen LogP contribution in [0.2, 0.25) is 5.02 Å². The molecular formula is C16H20ClNOS. The summed E-state index contributed by atoms with van der Waals surface area (Å²) in [6.07, 6.45) is 1.89. The summed E-state index contributed by atoms with van der Waals surface area (Å²) in [5, 5.41) is 2.77. The van der Waals surface area contributed by atoms with Gasteiger partial charge in [0.05, 0.1) is 11.6 Å². The van der Waals surface area contributed by atoms with Gasteiger partial charge in [-0.1, -0.05) is 30.7 Å². The summed E-state index contributed by atoms with van der Waals surface area (Å²) in [6.45, 7) is 3.42. The maximum atomic E-state index is 6.26. The smallest absolute Gasteiger partial charge is 0.137 e. The van der Waals surface area contributed by atoms with Gasteiger partial charge in [-0.05, 0) is 42.0 Å². The highest BCUT2D eigenvalue weighted by Crippen LogP contribution is 2.29. The lowest BCUT2D eigenvalue weighted by Crippen LogP contribution is -2.13. The maximum Gasteiger partial charge on any atom is 0.137 e. The van der Waals surface area contributed by atoms with Gasteiger partial charge in [-0.25, -0.2) is 0 Å². The number of rotatable bonds is 7. The van der Waals surface area contributed by atoms with Crippen molar-refractivity contribution < 1.29 is 4.74 Å². The second-order valence-electron chi connectivity index (χ2n) is 4.77. The van der Waals surface area contributed by atoms with Crippen LogP contribution >= 0.6 is 22.9 Å². The minimum atomic E-state index is 0.355. The van der Waals surface area contributed by atoms with Crippen molar-refractivity contribution in [1.29, 1.82) is 0 Å². The van der Waals surface area contributed by atoms with Crippen LogP contribution in [0.15, 0.2) is 35.7 Å². The topological polar surface area (TPSA) is 35.2 Å². The van der Waals surface area contributed by atoms with Crippen LogP contribution in [-0.4, -0.2) is 13.2 Å². The minimum Gasteiger partial charge on any atom is -0.492 e. The van der Waals surface area contributed by atoms with Crippen LogP contribution in [0.25, 0.3) is 0 Å². The number of thiophene rings is 1. The minimum absolute atomic E-state index is 0.355. The molecule has 0 amide bonds. The molecule has 0 saturated carbocycles. The number of hydrogen-bond acceptors (Lipinski definition) is 3. The summed E-state index contributed by atoms with van der Waals surface area (Å²) in [6, 6.07) is 10.2. The van der Waals surface area contributed by atoms with Gasteiger partial charge in [0.2, 0.25) is 0 Å². The molecule has 0 fully saturated rings. The third kappa shape index (κ3) is 3.98. The van der Waals surface area contributed by atoms with Crippen molar-refractivity contribution in [1.82, 2.24) is 0 Å². The fourth-order valence-electron chi connectivity index (χ4n) is 2.11. The summed E-state index contributed by atoms with van der Waals surface area (Å²) < 4.78 is 5.59. The molecule has 2 aromatic rings. The highest BCUT2D eigenvalue weighted by atomic mass is 35.5. The summed E-state index contributed by atoms with van der Waals surface area (Å²) in [5.41, 5.74) is 7.09. The molecule has 1 aromatic heterocycles. The van der Waals surface area contributed by atoms with Gasteiger partial charge < -0.3 is 10.5 Å². The molecular weight excluding hydrogens is 290 g/mol. The first-order chi connectivity index (χ1) is 9.74. The zero-order valence-corrected chi connectivity index (χ0v) is 13.2. The summed E-state index contributed by atoms with van der Waals surface area (Å²) in [5.74, 6) is 1.12. The molecule has 1 unspecified atom stereocenters. The summed E-state index contributed by atoms with van der Waals surface area (Å²) >= 11 is 8.02. The molecule has 0 aliphatic heterocycles. The number of ether oxygens (including phenoxy) is 1. The van der Waals surface area contributed by atoms with Gasteiger partial charge in [-0.15, -0.1) is 11.3 Å². The quantitative estimate of drug-likeness (QED) is 0.818. The van der Waals surface area contributed by atoms with Crippen LogP contribution in [0.4, 0.5) is 0 Å². The highest BCUT2D eigenvalue weighted by Gasteiger charge is 2.13. The number of hydrogen-bond donors (Lipinski definition) is 1. The van der Waals surface area contributed by atoms with E-state index < -0.39 is 0 Å². The fraction of sp³-hybridized carbons (Fsp3) is 0.375. The fourth-order valence-corrected chi connectivity index (χ4v) is 3.21. The van der Waals surface area contributed by atoms with Crippen molar-refractivity contribution in [2.45, 2.75) is 25.7 Å². The van der Waals surface area contributed by atoms with Crippen molar-refractivity contribution in [3.05, 3.63) is 51.2 Å². The zero-order chi connectivity index (χ0) is 14.4. The monoisotopic (exact) mass is 309 g/mol. The third-order valence-corrected chi connectivity index (χ3v) is 4.50. The molecule has 0 bridgehead atoms. The van der Waals surface area contributed by atoms with Gasteiger partial charge in [0.15, 0.2) is 0 Å². The van der Waals surface area contributed by atoms with E-state index in [1.54, 1.807) is 11.3 Å². The Kier molecular flexibility index (Phi) is 5.89. The van der Waals surface area contributed by atoms with Gasteiger partial charge in [0.1, 0.15) is 5.75 Å². The molecule has 0 aliphatic carbocycles. The van der Waals surface area contributed by atoms with Crippen LogP contribution in [0.3, 0.4) is 0 Å². The van der Waals surface area contributed by atoms with Crippen molar-refractivity contribution in [2.75, 3.05) is 13.2 Å². The van der Waals surface area contributed by atoms with Crippen molar-refractivity contribution in [3.8, 4) is 5.75 Å². The molecule has 20 heavy (non-hydrogen) atoms. The van der Waals surface area contributed by atoms with Crippen molar-refractivity contribution >= 4 is 22.9 Å². The third-order valence-electron chi connectivity index (χ3n) is 3.17. The Balaban J connectivity index is 2.07. The molecule has 2 rings (SSSR count). The van der Waals surface area contributed by atoms with Crippen LogP contribution in [-0.2, 0) is 6.42 Å². The highest BCUT2D eigenvalue weighted by molar-refractivity contribution is 7.10. The lowest BCUT2D eigenvalue weighted by atomic mass is 9.98. The Morgan fingerprint density at radius 2 is 2.20 bits per heavy atom. The average Bonchev–Trinajstić information content (AvgIpc) is 2.98. The van der Waals surface area contributed by atoms with Crippen LogP contribution in [0.1, 0.15) is 29.7 Å². The van der Waals surface area contributed by atoms with E-state index in [-0.39, 0.29) is 0 Å². The standard InChI is InChI=1S/C16H20ClNOS/c1-2-7-19-15-6-5-12(10-14(15)17)9-13(11-18)16-4-3-8-20-16/h3-6,8,10,13H,2,7,9,11,18H2,1H3. The van der Waals surface area contributed by atoms with E-state index in [2.05, 4.69) is 30.5 Å². The molecule has 1 atom stereocenters. The van der Waals surface area contributed by atoms with E-state index in [1.807, 2.05) is 12.1 Å². The first kappa shape index (κ1) is 15.4. The Hall–Kier alpha value is -1.03. The maximum absolute atomic E-state index is 6.26. The first-order valence-electron chi connectivity index (χ1n) is 6.89. The lowest BCUT2D eigenvalue weighted by molar-refractivity contribution is 0.317. The second kappa shape index (κ2) is 7.67. The van der Waals surface area contributed by atoms with Crippen LogP contribution in [0, 0.1) is 0 Å². The molecule has 4 heteroatoms. The Bertz CT molecular complexity index is 527. The molecule has 0 aliphatic rings. The van der Waals surface area contributed by atoms with Crippen LogP contribution in [0.5, 0.6) is 5.75 Å². The lowest BCUT2D eigenvalue weighted by Gasteiger charge is -2.14. The SMILES string of the molecule is CCCOc1ccc(CC(CN)c2cccs2)cc1Cl. The molecule has 1 heterocycles. The Morgan fingerprint density at radius 3 is 2.80 bits per heavy atom. The zero-order valence-electron chi connectivity index (χ0n) is 11.6. The predicted octanol–water partition coefficient (Wildman–Crippen LogP) is 4.48. The van der Waals surface area contributed by atoms with Crippen molar-refractivity contribution in [3.63, 3.8) is 0 Å². The van der Waals surface area contributed by atoms with E-state index in [0.29, 0.717) is 24.1 Å². The van der Waals surface area contributed by atoms with E-state index in [0.717, 1.165) is 18.6 Å². The van der Waals surface area contributed by atoms with Crippen LogP contribution < -0.4 is 10.5 Å². The van der Waals surface area contributed by atoms with E-state index in [9.17, 15) is 0 Å². The molecule has 0 radical (unpaired) electrons. The van der Waals surface area contributed by atoms with Crippen molar-refractivity contribution in [2.24, 2.45) is 5.73 Å². The largest absolute Gasteiger partial charge is 0.492 e. The predicted molar refractivity (Wildman–Crippen MR) is 87.1 cm³/mol. The first-order valence-corrected chi connectivity index (χ1v) is 8.15. The Morgan fingerprint density at radius 1 is 1.35 bits per heavy atom. The van der Waals surface area contributed by atoms with E-state index in [1.165, 1.54) is 10.4 Å². The number of benzene rings is 1. The molecule has 2 N–H and O–H groups in total. The molecule has 1 aromatic carbocycles. The molecule has 0 saturated heterocycles. The summed E-state index contributed by atoms with van der Waals surface area (Å²) in [7, 11) is 0. The van der Waals surface area contributed by atoms with Gasteiger partial charge >= 0.3 is 0 Å². The summed E-state index contributed by atoms with van der Waals surface area (Å²) in [4.78, 5) is 1.33. The number of halogens is 1. The van der Waals surface area contributed by atoms with Gasteiger partial charge in [-0.2, -0.15) is 0 Å². The number of nitrogens with two attached hydrogens (primary N) is 1. The van der Waals surface area contributed by atoms with Gasteiger partial charge in [0, 0.05) is 17.3 Å². The van der Waals surface area contributed by atoms with E-state index in [4.69, 9.17) is 22.1 Å². The molecule has 2 nitrogen and oxygen atoms in total. The molecule has 0 spiro atoms. The average molecular weight is 310 g/mol. The van der Waals surface area contributed by atoms with Gasteiger partial charge in [0.25, 0.3) is 0 Å². The van der Waals surface area contributed by atoms with E-state index >= 15 is 0 Å². The molecule has 108 valence electrons. The Labute approximate surface area is 129 Å². The van der Waals surface area contributed by atoms with Gasteiger partial charge in [-0.3, -0.25) is 0 Å². The second-order valence-corrected chi connectivity index (χ2v) is 6.15. The normalized spacial score (nSPS) is 12.3.